The molecule has 118 valence electrons. The van der Waals surface area contributed by atoms with Crippen LogP contribution in [0.5, 0.6) is 0 Å². The SMILES string of the molecule is CC(C)(CNS(=O)(=O)c1ccc(Br)cc1)c1ccc(F)cc1. The summed E-state index contributed by atoms with van der Waals surface area (Å²) in [6, 6.07) is 12.5. The van der Waals surface area contributed by atoms with Gasteiger partial charge < -0.3 is 0 Å². The fraction of sp³-hybridized carbons (Fsp3) is 0.250. The monoisotopic (exact) mass is 385 g/mol. The highest BCUT2D eigenvalue weighted by atomic mass is 79.9. The van der Waals surface area contributed by atoms with Crippen molar-refractivity contribution in [1.82, 2.24) is 4.72 Å². The van der Waals surface area contributed by atoms with E-state index >= 15 is 0 Å². The fourth-order valence-corrected chi connectivity index (χ4v) is 3.45. The van der Waals surface area contributed by atoms with Gasteiger partial charge in [0.25, 0.3) is 0 Å². The molecular formula is C16H17BrFNO2S. The minimum Gasteiger partial charge on any atom is -0.210 e. The minimum atomic E-state index is -3.57. The van der Waals surface area contributed by atoms with Crippen LogP contribution in [0.15, 0.2) is 57.9 Å². The average molecular weight is 386 g/mol. The van der Waals surface area contributed by atoms with Crippen molar-refractivity contribution < 1.29 is 12.8 Å². The molecule has 1 N–H and O–H groups in total. The summed E-state index contributed by atoms with van der Waals surface area (Å²) in [5.74, 6) is -0.310. The summed E-state index contributed by atoms with van der Waals surface area (Å²) in [6.07, 6.45) is 0. The lowest BCUT2D eigenvalue weighted by Gasteiger charge is -2.25. The van der Waals surface area contributed by atoms with E-state index in [0.717, 1.165) is 10.0 Å². The second kappa shape index (κ2) is 6.48. The summed E-state index contributed by atoms with van der Waals surface area (Å²) in [4.78, 5) is 0.214. The van der Waals surface area contributed by atoms with E-state index in [1.807, 2.05) is 13.8 Å². The Morgan fingerprint density at radius 2 is 1.59 bits per heavy atom. The lowest BCUT2D eigenvalue weighted by molar-refractivity contribution is 0.500. The molecule has 3 nitrogen and oxygen atoms in total. The molecule has 6 heteroatoms. The van der Waals surface area contributed by atoms with Crippen LogP contribution in [-0.2, 0) is 15.4 Å². The molecule has 0 radical (unpaired) electrons. The molecule has 0 aliphatic heterocycles. The predicted octanol–water partition coefficient (Wildman–Crippen LogP) is 3.84. The van der Waals surface area contributed by atoms with Crippen molar-refractivity contribution in [2.45, 2.75) is 24.2 Å². The minimum absolute atomic E-state index is 0.214. The summed E-state index contributed by atoms with van der Waals surface area (Å²) in [5, 5.41) is 0. The van der Waals surface area contributed by atoms with E-state index in [4.69, 9.17) is 0 Å². The van der Waals surface area contributed by atoms with Gasteiger partial charge in [0.15, 0.2) is 0 Å². The van der Waals surface area contributed by atoms with Crippen LogP contribution in [0.3, 0.4) is 0 Å². The quantitative estimate of drug-likeness (QED) is 0.849. The first kappa shape index (κ1) is 17.1. The number of hydrogen-bond donors (Lipinski definition) is 1. The van der Waals surface area contributed by atoms with Gasteiger partial charge in [-0.3, -0.25) is 0 Å². The zero-order valence-electron chi connectivity index (χ0n) is 12.3. The topological polar surface area (TPSA) is 46.2 Å². The Morgan fingerprint density at radius 1 is 1.05 bits per heavy atom. The molecule has 2 aromatic rings. The molecule has 0 saturated carbocycles. The molecule has 2 aromatic carbocycles. The van der Waals surface area contributed by atoms with Crippen molar-refractivity contribution >= 4 is 26.0 Å². The molecule has 0 aromatic heterocycles. The van der Waals surface area contributed by atoms with E-state index in [0.29, 0.717) is 0 Å². The fourth-order valence-electron chi connectivity index (χ4n) is 1.98. The number of halogens is 2. The maximum Gasteiger partial charge on any atom is 0.240 e. The van der Waals surface area contributed by atoms with Crippen LogP contribution in [-0.4, -0.2) is 15.0 Å². The van der Waals surface area contributed by atoms with Crippen LogP contribution < -0.4 is 4.72 Å². The zero-order chi connectivity index (χ0) is 16.4. The number of rotatable bonds is 5. The van der Waals surface area contributed by atoms with Crippen LogP contribution in [0, 0.1) is 5.82 Å². The Hall–Kier alpha value is -1.24. The lowest BCUT2D eigenvalue weighted by atomic mass is 9.85. The molecule has 2 rings (SSSR count). The van der Waals surface area contributed by atoms with E-state index in [1.165, 1.54) is 24.3 Å². The second-order valence-electron chi connectivity index (χ2n) is 5.67. The van der Waals surface area contributed by atoms with Crippen LogP contribution in [0.2, 0.25) is 0 Å². The van der Waals surface area contributed by atoms with Gasteiger partial charge in [-0.05, 0) is 42.0 Å². The van der Waals surface area contributed by atoms with Crippen LogP contribution in [0.25, 0.3) is 0 Å². The Labute approximate surface area is 138 Å². The van der Waals surface area contributed by atoms with E-state index in [1.54, 1.807) is 24.3 Å². The van der Waals surface area contributed by atoms with E-state index in [2.05, 4.69) is 20.7 Å². The highest BCUT2D eigenvalue weighted by Crippen LogP contribution is 2.23. The zero-order valence-corrected chi connectivity index (χ0v) is 14.7. The van der Waals surface area contributed by atoms with Gasteiger partial charge in [-0.15, -0.1) is 0 Å². The molecule has 0 aliphatic rings. The first-order valence-electron chi connectivity index (χ1n) is 6.72. The van der Waals surface area contributed by atoms with Crippen molar-refractivity contribution in [3.05, 3.63) is 64.4 Å². The highest BCUT2D eigenvalue weighted by Gasteiger charge is 2.24. The standard InChI is InChI=1S/C16H17BrFNO2S/c1-16(2,12-3-7-14(18)8-4-12)11-19-22(20,21)15-9-5-13(17)6-10-15/h3-10,19H,11H2,1-2H3. The third-order valence-electron chi connectivity index (χ3n) is 3.45. The second-order valence-corrected chi connectivity index (χ2v) is 8.35. The number of benzene rings is 2. The molecule has 0 bridgehead atoms. The number of hydrogen-bond acceptors (Lipinski definition) is 2. The van der Waals surface area contributed by atoms with Gasteiger partial charge in [0.2, 0.25) is 10.0 Å². The molecule has 0 saturated heterocycles. The van der Waals surface area contributed by atoms with E-state index in [-0.39, 0.29) is 17.3 Å². The Kier molecular flexibility index (Phi) is 5.04. The summed E-state index contributed by atoms with van der Waals surface area (Å²) in [6.45, 7) is 4.03. The molecule has 0 spiro atoms. The maximum absolute atomic E-state index is 13.0. The third-order valence-corrected chi connectivity index (χ3v) is 5.40. The summed E-state index contributed by atoms with van der Waals surface area (Å²) in [5.41, 5.74) is 0.420. The number of sulfonamides is 1. The van der Waals surface area contributed by atoms with Crippen molar-refractivity contribution in [2.24, 2.45) is 0 Å². The van der Waals surface area contributed by atoms with Crippen LogP contribution in [0.4, 0.5) is 4.39 Å². The number of nitrogens with one attached hydrogen (secondary N) is 1. The molecule has 0 aliphatic carbocycles. The lowest BCUT2D eigenvalue weighted by Crippen LogP contribution is -2.36. The first-order chi connectivity index (χ1) is 10.2. The largest absolute Gasteiger partial charge is 0.240 e. The van der Waals surface area contributed by atoms with Crippen molar-refractivity contribution in [2.75, 3.05) is 6.54 Å². The van der Waals surface area contributed by atoms with Gasteiger partial charge in [0.1, 0.15) is 5.82 Å². The van der Waals surface area contributed by atoms with E-state index in [9.17, 15) is 12.8 Å². The van der Waals surface area contributed by atoms with Crippen molar-refractivity contribution in [3.8, 4) is 0 Å². The van der Waals surface area contributed by atoms with Gasteiger partial charge in [0.05, 0.1) is 4.90 Å². The van der Waals surface area contributed by atoms with Crippen LogP contribution >= 0.6 is 15.9 Å². The average Bonchev–Trinajstić information content (AvgIpc) is 2.46. The molecule has 22 heavy (non-hydrogen) atoms. The van der Waals surface area contributed by atoms with Crippen LogP contribution in [0.1, 0.15) is 19.4 Å². The van der Waals surface area contributed by atoms with Gasteiger partial charge in [-0.25, -0.2) is 17.5 Å². The summed E-state index contributed by atoms with van der Waals surface area (Å²) < 4.78 is 41.0. The van der Waals surface area contributed by atoms with Gasteiger partial charge in [-0.1, -0.05) is 41.9 Å². The maximum atomic E-state index is 13.0. The summed E-state index contributed by atoms with van der Waals surface area (Å²) >= 11 is 3.27. The van der Waals surface area contributed by atoms with Gasteiger partial charge in [-0.2, -0.15) is 0 Å². The Morgan fingerprint density at radius 3 is 2.14 bits per heavy atom. The van der Waals surface area contributed by atoms with E-state index < -0.39 is 15.4 Å². The first-order valence-corrected chi connectivity index (χ1v) is 9.00. The molecule has 0 amide bonds. The molecule has 0 atom stereocenters. The Bertz CT molecular complexity index is 741. The normalized spacial score (nSPS) is 12.4. The molecule has 0 heterocycles. The smallest absolute Gasteiger partial charge is 0.210 e. The molecular weight excluding hydrogens is 369 g/mol. The summed E-state index contributed by atoms with van der Waals surface area (Å²) in [7, 11) is -3.57. The third kappa shape index (κ3) is 4.15. The highest BCUT2D eigenvalue weighted by molar-refractivity contribution is 9.10. The van der Waals surface area contributed by atoms with Gasteiger partial charge >= 0.3 is 0 Å². The predicted molar refractivity (Wildman–Crippen MR) is 88.8 cm³/mol. The van der Waals surface area contributed by atoms with Crippen molar-refractivity contribution in [1.29, 1.82) is 0 Å². The molecule has 0 unspecified atom stereocenters. The molecule has 0 fully saturated rings. The van der Waals surface area contributed by atoms with Gasteiger partial charge in [0, 0.05) is 16.4 Å². The Balaban J connectivity index is 2.13. The van der Waals surface area contributed by atoms with Crippen molar-refractivity contribution in [3.63, 3.8) is 0 Å².